The lowest BCUT2D eigenvalue weighted by Gasteiger charge is -2.35. The first-order valence-corrected chi connectivity index (χ1v) is 15.5. The van der Waals surface area contributed by atoms with Crippen molar-refractivity contribution < 1.29 is 19.2 Å². The number of aryl methyl sites for hydroxylation is 1. The number of carbonyl (C=O) groups excluding carboxylic acids is 2. The molecule has 0 spiro atoms. The highest BCUT2D eigenvalue weighted by Crippen LogP contribution is 2.39. The van der Waals surface area contributed by atoms with Gasteiger partial charge in [0, 0.05) is 55.7 Å². The fourth-order valence-electron chi connectivity index (χ4n) is 5.68. The molecule has 1 aliphatic carbocycles. The third-order valence-electron chi connectivity index (χ3n) is 7.91. The summed E-state index contributed by atoms with van der Waals surface area (Å²) in [6.45, 7) is 6.08. The number of hydroxylamine groups is 2. The summed E-state index contributed by atoms with van der Waals surface area (Å²) in [5.74, 6) is -0.305. The average molecular weight is 630 g/mol. The second kappa shape index (κ2) is 14.1. The molecule has 1 fully saturated rings. The Morgan fingerprint density at radius 1 is 1.26 bits per heavy atom. The van der Waals surface area contributed by atoms with Crippen LogP contribution in [0.1, 0.15) is 36.7 Å². The lowest BCUT2D eigenvalue weighted by atomic mass is 9.86. The molecule has 12 heteroatoms. The molecule has 2 amide bonds. The zero-order valence-electron chi connectivity index (χ0n) is 24.7. The zero-order chi connectivity index (χ0) is 30.5. The van der Waals surface area contributed by atoms with Crippen LogP contribution >= 0.6 is 23.2 Å². The number of aliphatic imine (C=N–C) groups is 1. The van der Waals surface area contributed by atoms with E-state index in [1.807, 2.05) is 32.3 Å². The van der Waals surface area contributed by atoms with Crippen molar-refractivity contribution in [2.75, 3.05) is 51.8 Å². The maximum absolute atomic E-state index is 13.8. The highest BCUT2D eigenvalue weighted by molar-refractivity contribution is 6.34. The predicted octanol–water partition coefficient (Wildman–Crippen LogP) is 4.13. The summed E-state index contributed by atoms with van der Waals surface area (Å²) in [6.07, 6.45) is 12.1. The molecular weight excluding hydrogens is 591 g/mol. The monoisotopic (exact) mass is 628 g/mol. The summed E-state index contributed by atoms with van der Waals surface area (Å²) >= 11 is 13.2. The van der Waals surface area contributed by atoms with Crippen LogP contribution in [0, 0.1) is 5.92 Å². The first-order valence-electron chi connectivity index (χ1n) is 14.6. The molecule has 1 aromatic rings. The van der Waals surface area contributed by atoms with Crippen LogP contribution in [0.3, 0.4) is 0 Å². The standard InChI is InChI=1S/C31H38Cl2N6O4/c1-20-22-18-23(29-24(32)7-6-8-25(29)33)31(41)39(43-16-15-42-3)26(22)9-10-28(35-20)36-21-17-27(37(2)19-21)30(40)34-11-14-38-12-4-5-13-38/h6-7,10,17-20,22,25H,4-5,8,11-16H2,1-3H3,(H,34,40)(H,35,36). The number of nitrogens with zero attached hydrogens (tertiary/aromatic N) is 4. The Kier molecular flexibility index (Phi) is 10.3. The van der Waals surface area contributed by atoms with Gasteiger partial charge in [0.1, 0.15) is 17.2 Å². The Bertz CT molecular complexity index is 1430. The molecule has 1 saturated heterocycles. The van der Waals surface area contributed by atoms with Gasteiger partial charge in [-0.1, -0.05) is 29.5 Å². The number of aromatic nitrogens is 1. The van der Waals surface area contributed by atoms with Crippen LogP contribution < -0.4 is 10.6 Å². The predicted molar refractivity (Wildman–Crippen MR) is 168 cm³/mol. The summed E-state index contributed by atoms with van der Waals surface area (Å²) in [5, 5.41) is 7.58. The van der Waals surface area contributed by atoms with E-state index in [0.29, 0.717) is 58.7 Å². The lowest BCUT2D eigenvalue weighted by Crippen LogP contribution is -2.42. The van der Waals surface area contributed by atoms with Gasteiger partial charge >= 0.3 is 0 Å². The molecule has 4 heterocycles. The van der Waals surface area contributed by atoms with Gasteiger partial charge in [-0.15, -0.1) is 11.6 Å². The number of fused-ring (bicyclic) bond motifs is 1. The van der Waals surface area contributed by atoms with Crippen LogP contribution in [0.25, 0.3) is 0 Å². The smallest absolute Gasteiger partial charge is 0.282 e. The Morgan fingerprint density at radius 3 is 2.79 bits per heavy atom. The quantitative estimate of drug-likeness (QED) is 0.230. The van der Waals surface area contributed by atoms with Crippen LogP contribution in [-0.2, 0) is 21.4 Å². The van der Waals surface area contributed by atoms with Gasteiger partial charge < -0.3 is 24.8 Å². The molecule has 10 nitrogen and oxygen atoms in total. The highest BCUT2D eigenvalue weighted by Gasteiger charge is 2.40. The highest BCUT2D eigenvalue weighted by atomic mass is 35.5. The van der Waals surface area contributed by atoms with Crippen molar-refractivity contribution in [1.82, 2.24) is 19.8 Å². The van der Waals surface area contributed by atoms with E-state index in [0.717, 1.165) is 19.6 Å². The van der Waals surface area contributed by atoms with Crippen LogP contribution in [0.2, 0.25) is 0 Å². The Labute approximate surface area is 262 Å². The van der Waals surface area contributed by atoms with E-state index in [2.05, 4.69) is 21.3 Å². The largest absolute Gasteiger partial charge is 0.382 e. The van der Waals surface area contributed by atoms with Gasteiger partial charge in [-0.3, -0.25) is 19.4 Å². The first-order chi connectivity index (χ1) is 20.8. The van der Waals surface area contributed by atoms with Crippen molar-refractivity contribution in [3.05, 3.63) is 69.9 Å². The van der Waals surface area contributed by atoms with E-state index in [4.69, 9.17) is 37.8 Å². The van der Waals surface area contributed by atoms with Crippen LogP contribution in [0.4, 0.5) is 5.69 Å². The third kappa shape index (κ3) is 7.17. The molecule has 3 unspecified atom stereocenters. The number of likely N-dealkylation sites (tertiary alicyclic amines) is 1. The molecule has 4 aliphatic rings. The van der Waals surface area contributed by atoms with Crippen LogP contribution in [0.5, 0.6) is 0 Å². The van der Waals surface area contributed by atoms with Crippen molar-refractivity contribution in [3.8, 4) is 0 Å². The number of carbonyl (C=O) groups is 2. The Balaban J connectivity index is 1.37. The Morgan fingerprint density at radius 2 is 2.05 bits per heavy atom. The maximum Gasteiger partial charge on any atom is 0.282 e. The normalized spacial score (nSPS) is 24.0. The van der Waals surface area contributed by atoms with Gasteiger partial charge in [0.2, 0.25) is 0 Å². The molecule has 0 bridgehead atoms. The van der Waals surface area contributed by atoms with E-state index in [1.54, 1.807) is 29.9 Å². The molecule has 43 heavy (non-hydrogen) atoms. The summed E-state index contributed by atoms with van der Waals surface area (Å²) < 4.78 is 6.93. The van der Waals surface area contributed by atoms with Crippen LogP contribution in [0.15, 0.2) is 69.2 Å². The fraction of sp³-hybridized carbons (Fsp3) is 0.484. The summed E-state index contributed by atoms with van der Waals surface area (Å²) in [6, 6.07) is 1.50. The van der Waals surface area contributed by atoms with E-state index >= 15 is 0 Å². The molecule has 1 aromatic heterocycles. The molecule has 0 radical (unpaired) electrons. The van der Waals surface area contributed by atoms with Gasteiger partial charge in [0.25, 0.3) is 11.8 Å². The number of alkyl halides is 1. The second-order valence-corrected chi connectivity index (χ2v) is 11.9. The van der Waals surface area contributed by atoms with Gasteiger partial charge in [0.15, 0.2) is 0 Å². The first kappa shape index (κ1) is 31.3. The van der Waals surface area contributed by atoms with Crippen molar-refractivity contribution in [1.29, 1.82) is 0 Å². The summed E-state index contributed by atoms with van der Waals surface area (Å²) in [7, 11) is 3.40. The number of allylic oxidation sites excluding steroid dienone is 3. The second-order valence-electron chi connectivity index (χ2n) is 11.0. The minimum Gasteiger partial charge on any atom is -0.382 e. The number of hydrogen-bond donors (Lipinski definition) is 2. The molecule has 3 aliphatic heterocycles. The van der Waals surface area contributed by atoms with Gasteiger partial charge in [0.05, 0.1) is 36.2 Å². The number of halogens is 2. The van der Waals surface area contributed by atoms with Gasteiger partial charge in [-0.2, -0.15) is 5.06 Å². The number of amides is 2. The SMILES string of the molecule is COCCON1C(=O)C(C2=C(Cl)C=CCC2Cl)=CC2C1=C=CC(Nc1cc(C(=O)NCCN3CCCC3)n(C)c1)=NC2C. The number of anilines is 1. The molecule has 0 aromatic carbocycles. The number of nitrogens with one attached hydrogen (secondary N) is 2. The van der Waals surface area contributed by atoms with Gasteiger partial charge in [-0.25, -0.2) is 0 Å². The Hall–Kier alpha value is -3.11. The minimum atomic E-state index is -0.443. The van der Waals surface area contributed by atoms with E-state index in [1.165, 1.54) is 17.9 Å². The van der Waals surface area contributed by atoms with Crippen molar-refractivity contribution in [2.24, 2.45) is 18.0 Å². The van der Waals surface area contributed by atoms with E-state index in [9.17, 15) is 9.59 Å². The van der Waals surface area contributed by atoms with E-state index in [-0.39, 0.29) is 30.4 Å². The minimum absolute atomic E-state index is 0.127. The fourth-order valence-corrected chi connectivity index (χ4v) is 6.39. The summed E-state index contributed by atoms with van der Waals surface area (Å²) in [4.78, 5) is 39.8. The van der Waals surface area contributed by atoms with E-state index < -0.39 is 5.38 Å². The number of hydrogen-bond acceptors (Lipinski definition) is 7. The number of methoxy groups -OCH3 is 1. The van der Waals surface area contributed by atoms with Gasteiger partial charge in [-0.05, 0) is 51.4 Å². The molecular formula is C31H38Cl2N6O4. The van der Waals surface area contributed by atoms with Crippen molar-refractivity contribution in [2.45, 2.75) is 37.6 Å². The third-order valence-corrected chi connectivity index (χ3v) is 8.64. The lowest BCUT2D eigenvalue weighted by molar-refractivity contribution is -0.177. The van der Waals surface area contributed by atoms with Crippen LogP contribution in [-0.4, -0.2) is 90.1 Å². The van der Waals surface area contributed by atoms with Crippen molar-refractivity contribution in [3.63, 3.8) is 0 Å². The molecule has 3 atom stereocenters. The number of rotatable bonds is 10. The molecule has 2 N–H and O–H groups in total. The summed E-state index contributed by atoms with van der Waals surface area (Å²) in [5.41, 5.74) is 5.99. The molecule has 0 saturated carbocycles. The maximum atomic E-state index is 13.8. The molecule has 5 rings (SSSR count). The number of ether oxygens (including phenoxy) is 1. The number of amidine groups is 1. The molecule has 230 valence electrons. The zero-order valence-corrected chi connectivity index (χ0v) is 26.2. The topological polar surface area (TPSA) is 100 Å². The van der Waals surface area contributed by atoms with Crippen molar-refractivity contribution >= 4 is 46.5 Å². The average Bonchev–Trinajstić information content (AvgIpc) is 3.59.